The van der Waals surface area contributed by atoms with Crippen molar-refractivity contribution in [3.8, 4) is 0 Å². The van der Waals surface area contributed by atoms with Crippen LogP contribution in [0.2, 0.25) is 0 Å². The van der Waals surface area contributed by atoms with E-state index < -0.39 is 5.60 Å². The van der Waals surface area contributed by atoms with E-state index in [1.165, 1.54) is 12.7 Å². The van der Waals surface area contributed by atoms with E-state index in [4.69, 9.17) is 9.47 Å². The molecule has 2 bridgehead atoms. The molecule has 0 saturated heterocycles. The molecule has 2 aromatic rings. The first kappa shape index (κ1) is 13.0. The SMILES string of the molecule is COC(=O)c1ccc2c(c1)C1(C)OC2c2ccc(Br)cc21. The third-order valence-electron chi connectivity index (χ3n) is 4.44. The van der Waals surface area contributed by atoms with Crippen molar-refractivity contribution in [2.75, 3.05) is 7.11 Å². The second-order valence-electron chi connectivity index (χ2n) is 5.56. The zero-order valence-corrected chi connectivity index (χ0v) is 13.2. The normalized spacial score (nSPS) is 24.6. The summed E-state index contributed by atoms with van der Waals surface area (Å²) in [4.78, 5) is 11.8. The van der Waals surface area contributed by atoms with Crippen LogP contribution in [0.25, 0.3) is 0 Å². The highest BCUT2D eigenvalue weighted by atomic mass is 79.9. The topological polar surface area (TPSA) is 35.5 Å². The van der Waals surface area contributed by atoms with Crippen molar-refractivity contribution in [2.45, 2.75) is 18.6 Å². The molecule has 2 aromatic carbocycles. The summed E-state index contributed by atoms with van der Waals surface area (Å²) in [5.41, 5.74) is 4.63. The average Bonchev–Trinajstić information content (AvgIpc) is 2.95. The summed E-state index contributed by atoms with van der Waals surface area (Å²) >= 11 is 3.52. The lowest BCUT2D eigenvalue weighted by atomic mass is 9.78. The van der Waals surface area contributed by atoms with E-state index in [1.807, 2.05) is 18.2 Å². The highest BCUT2D eigenvalue weighted by Gasteiger charge is 2.51. The van der Waals surface area contributed by atoms with Gasteiger partial charge in [0.15, 0.2) is 0 Å². The molecule has 0 fully saturated rings. The van der Waals surface area contributed by atoms with Crippen molar-refractivity contribution in [2.24, 2.45) is 0 Å². The molecule has 0 amide bonds. The largest absolute Gasteiger partial charge is 0.465 e. The first-order chi connectivity index (χ1) is 10.0. The number of fused-ring (bicyclic) bond motifs is 8. The molecule has 4 heteroatoms. The quantitative estimate of drug-likeness (QED) is 0.735. The minimum absolute atomic E-state index is 0.0419. The van der Waals surface area contributed by atoms with Crippen LogP contribution in [0.5, 0.6) is 0 Å². The summed E-state index contributed by atoms with van der Waals surface area (Å²) in [6.07, 6.45) is -0.0419. The van der Waals surface area contributed by atoms with Crippen LogP contribution in [0.15, 0.2) is 40.9 Å². The summed E-state index contributed by atoms with van der Waals surface area (Å²) in [6.45, 7) is 2.06. The minimum atomic E-state index is -0.497. The molecule has 21 heavy (non-hydrogen) atoms. The van der Waals surface area contributed by atoms with Crippen LogP contribution >= 0.6 is 15.9 Å². The predicted octanol–water partition coefficient (Wildman–Crippen LogP) is 3.93. The molecule has 106 valence electrons. The van der Waals surface area contributed by atoms with E-state index >= 15 is 0 Å². The van der Waals surface area contributed by atoms with Crippen molar-refractivity contribution >= 4 is 21.9 Å². The van der Waals surface area contributed by atoms with Crippen molar-refractivity contribution in [3.05, 3.63) is 68.7 Å². The zero-order valence-electron chi connectivity index (χ0n) is 11.6. The summed E-state index contributed by atoms with van der Waals surface area (Å²) in [6, 6.07) is 11.9. The monoisotopic (exact) mass is 344 g/mol. The second kappa shape index (κ2) is 4.18. The molecule has 0 aliphatic carbocycles. The maximum atomic E-state index is 11.8. The van der Waals surface area contributed by atoms with Gasteiger partial charge in [-0.05, 0) is 53.4 Å². The Labute approximate surface area is 131 Å². The molecule has 0 radical (unpaired) electrons. The van der Waals surface area contributed by atoms with Gasteiger partial charge >= 0.3 is 5.97 Å². The first-order valence-corrected chi connectivity index (χ1v) is 7.54. The Bertz CT molecular complexity index is 784. The number of rotatable bonds is 1. The highest BCUT2D eigenvalue weighted by molar-refractivity contribution is 9.10. The molecule has 3 nitrogen and oxygen atoms in total. The van der Waals surface area contributed by atoms with Crippen LogP contribution in [-0.2, 0) is 15.1 Å². The summed E-state index contributed by atoms with van der Waals surface area (Å²) in [5.74, 6) is -0.321. The molecule has 0 saturated carbocycles. The second-order valence-corrected chi connectivity index (χ2v) is 6.47. The Hall–Kier alpha value is -1.65. The number of esters is 1. The first-order valence-electron chi connectivity index (χ1n) is 6.75. The molecular formula is C17H13BrO3. The number of methoxy groups -OCH3 is 1. The van der Waals surface area contributed by atoms with E-state index in [2.05, 4.69) is 35.0 Å². The van der Waals surface area contributed by atoms with Crippen LogP contribution < -0.4 is 0 Å². The third-order valence-corrected chi connectivity index (χ3v) is 4.93. The van der Waals surface area contributed by atoms with Gasteiger partial charge in [-0.3, -0.25) is 0 Å². The van der Waals surface area contributed by atoms with Gasteiger partial charge in [0, 0.05) is 4.47 Å². The number of ether oxygens (including phenoxy) is 2. The van der Waals surface area contributed by atoms with Crippen molar-refractivity contribution in [1.82, 2.24) is 0 Å². The summed E-state index contributed by atoms with van der Waals surface area (Å²) < 4.78 is 12.1. The minimum Gasteiger partial charge on any atom is -0.465 e. The van der Waals surface area contributed by atoms with Crippen molar-refractivity contribution in [1.29, 1.82) is 0 Å². The van der Waals surface area contributed by atoms with Crippen LogP contribution in [-0.4, -0.2) is 13.1 Å². The maximum Gasteiger partial charge on any atom is 0.337 e. The van der Waals surface area contributed by atoms with Gasteiger partial charge in [0.05, 0.1) is 12.7 Å². The molecule has 2 aliphatic heterocycles. The molecule has 0 aromatic heterocycles. The van der Waals surface area contributed by atoms with Gasteiger partial charge < -0.3 is 9.47 Å². The number of carbonyl (C=O) groups excluding carboxylic acids is 1. The Morgan fingerprint density at radius 3 is 2.57 bits per heavy atom. The Balaban J connectivity index is 1.92. The molecule has 2 aliphatic rings. The summed E-state index contributed by atoms with van der Waals surface area (Å²) in [7, 11) is 1.40. The Kier molecular flexibility index (Phi) is 2.60. The van der Waals surface area contributed by atoms with Crippen LogP contribution in [0.4, 0.5) is 0 Å². The highest BCUT2D eigenvalue weighted by Crippen LogP contribution is 2.58. The standard InChI is InChI=1S/C17H13BrO3/c1-17-13-7-9(16(19)20-2)3-5-11(13)15(21-17)12-6-4-10(18)8-14(12)17/h3-8,15H,1-2H3. The number of benzene rings is 2. The van der Waals surface area contributed by atoms with Gasteiger partial charge in [-0.15, -0.1) is 0 Å². The fraction of sp³-hybridized carbons (Fsp3) is 0.235. The number of hydrogen-bond acceptors (Lipinski definition) is 3. The van der Waals surface area contributed by atoms with Crippen LogP contribution in [0.1, 0.15) is 45.6 Å². The lowest BCUT2D eigenvalue weighted by Gasteiger charge is -2.24. The van der Waals surface area contributed by atoms with E-state index in [9.17, 15) is 4.79 Å². The zero-order chi connectivity index (χ0) is 14.8. The van der Waals surface area contributed by atoms with Crippen LogP contribution in [0, 0.1) is 0 Å². The van der Waals surface area contributed by atoms with Crippen LogP contribution in [0.3, 0.4) is 0 Å². The smallest absolute Gasteiger partial charge is 0.337 e. The fourth-order valence-corrected chi connectivity index (χ4v) is 3.78. The number of carbonyl (C=O) groups is 1. The average molecular weight is 345 g/mol. The van der Waals surface area contributed by atoms with E-state index in [0.717, 1.165) is 21.2 Å². The fourth-order valence-electron chi connectivity index (χ4n) is 3.42. The summed E-state index contributed by atoms with van der Waals surface area (Å²) in [5, 5.41) is 0. The van der Waals surface area contributed by atoms with Gasteiger partial charge in [-0.25, -0.2) is 4.79 Å². The Morgan fingerprint density at radius 2 is 1.86 bits per heavy atom. The van der Waals surface area contributed by atoms with Crippen molar-refractivity contribution in [3.63, 3.8) is 0 Å². The van der Waals surface area contributed by atoms with Gasteiger partial charge in [0.2, 0.25) is 0 Å². The Morgan fingerprint density at radius 1 is 1.19 bits per heavy atom. The maximum absolute atomic E-state index is 11.8. The molecule has 0 spiro atoms. The molecule has 2 atom stereocenters. The lowest BCUT2D eigenvalue weighted by Crippen LogP contribution is -2.21. The molecule has 2 heterocycles. The predicted molar refractivity (Wildman–Crippen MR) is 81.3 cm³/mol. The van der Waals surface area contributed by atoms with Gasteiger partial charge in [-0.2, -0.15) is 0 Å². The molecule has 4 rings (SSSR count). The van der Waals surface area contributed by atoms with E-state index in [0.29, 0.717) is 5.56 Å². The molecule has 2 unspecified atom stereocenters. The third kappa shape index (κ3) is 1.60. The molecular weight excluding hydrogens is 332 g/mol. The van der Waals surface area contributed by atoms with Gasteiger partial charge in [-0.1, -0.05) is 28.1 Å². The number of halogens is 1. The van der Waals surface area contributed by atoms with Gasteiger partial charge in [0.25, 0.3) is 0 Å². The van der Waals surface area contributed by atoms with Crippen molar-refractivity contribution < 1.29 is 14.3 Å². The molecule has 0 N–H and O–H groups in total. The van der Waals surface area contributed by atoms with E-state index in [-0.39, 0.29) is 12.1 Å². The van der Waals surface area contributed by atoms with E-state index in [1.54, 1.807) is 6.07 Å². The number of hydrogen-bond donors (Lipinski definition) is 0. The van der Waals surface area contributed by atoms with Gasteiger partial charge in [0.1, 0.15) is 11.7 Å². The lowest BCUT2D eigenvalue weighted by molar-refractivity contribution is 0.00897.